The van der Waals surface area contributed by atoms with Crippen LogP contribution in [0.25, 0.3) is 0 Å². The number of amides is 2. The highest BCUT2D eigenvalue weighted by molar-refractivity contribution is 6.35. The Hall–Kier alpha value is -2.62. The van der Waals surface area contributed by atoms with Crippen LogP contribution < -0.4 is 0 Å². The first-order chi connectivity index (χ1) is 11.1. The van der Waals surface area contributed by atoms with Crippen molar-refractivity contribution in [2.75, 3.05) is 13.1 Å². The summed E-state index contributed by atoms with van der Waals surface area (Å²) in [4.78, 5) is 27.9. The van der Waals surface area contributed by atoms with Crippen molar-refractivity contribution >= 4 is 11.8 Å². The van der Waals surface area contributed by atoms with E-state index < -0.39 is 11.8 Å². The lowest BCUT2D eigenvalue weighted by Crippen LogP contribution is -2.53. The Morgan fingerprint density at radius 2 is 1.35 bits per heavy atom. The van der Waals surface area contributed by atoms with Crippen LogP contribution in [0.15, 0.2) is 54.6 Å². The smallest absolute Gasteiger partial charge is 0.312 e. The molecule has 1 aliphatic rings. The highest BCUT2D eigenvalue weighted by Gasteiger charge is 2.32. The fourth-order valence-corrected chi connectivity index (χ4v) is 2.85. The quantitative estimate of drug-likeness (QED) is 0.814. The number of benzene rings is 2. The molecule has 1 heterocycles. The first-order valence-corrected chi connectivity index (χ1v) is 7.81. The lowest BCUT2D eigenvalue weighted by Gasteiger charge is -2.34. The third-order valence-electron chi connectivity index (χ3n) is 4.07. The molecular formula is C19H20N2O2. The Bertz CT molecular complexity index is 712. The molecule has 23 heavy (non-hydrogen) atoms. The van der Waals surface area contributed by atoms with Gasteiger partial charge in [-0.2, -0.15) is 0 Å². The number of carbonyl (C=O) groups excluding carboxylic acids is 2. The van der Waals surface area contributed by atoms with Gasteiger partial charge in [-0.3, -0.25) is 9.59 Å². The van der Waals surface area contributed by atoms with E-state index in [0.29, 0.717) is 26.2 Å². The van der Waals surface area contributed by atoms with Crippen molar-refractivity contribution < 1.29 is 9.59 Å². The number of nitrogens with zero attached hydrogens (tertiary/aromatic N) is 2. The average Bonchev–Trinajstić information content (AvgIpc) is 2.56. The standard InChI is InChI=1S/C19H20N2O2/c1-15-6-5-9-17(12-15)14-21-11-10-20(18(22)19(21)23)13-16-7-3-2-4-8-16/h2-9,12H,10-11,13-14H2,1H3. The molecule has 0 bridgehead atoms. The van der Waals surface area contributed by atoms with Gasteiger partial charge in [-0.15, -0.1) is 0 Å². The molecule has 0 spiro atoms. The summed E-state index contributed by atoms with van der Waals surface area (Å²) in [5.74, 6) is -0.818. The molecule has 4 heteroatoms. The SMILES string of the molecule is Cc1cccc(CN2CCN(Cc3ccccc3)C(=O)C2=O)c1. The molecule has 118 valence electrons. The maximum absolute atomic E-state index is 12.3. The highest BCUT2D eigenvalue weighted by atomic mass is 16.2. The molecule has 0 saturated carbocycles. The molecule has 2 amide bonds. The first kappa shape index (κ1) is 15.3. The average molecular weight is 308 g/mol. The topological polar surface area (TPSA) is 40.6 Å². The second kappa shape index (κ2) is 6.65. The van der Waals surface area contributed by atoms with Gasteiger partial charge in [0.25, 0.3) is 0 Å². The van der Waals surface area contributed by atoms with Gasteiger partial charge in [0.2, 0.25) is 0 Å². The van der Waals surface area contributed by atoms with Gasteiger partial charge in [0, 0.05) is 26.2 Å². The lowest BCUT2D eigenvalue weighted by molar-refractivity contribution is -0.156. The minimum absolute atomic E-state index is 0.409. The predicted molar refractivity (Wildman–Crippen MR) is 88.5 cm³/mol. The van der Waals surface area contributed by atoms with Gasteiger partial charge in [0.05, 0.1) is 0 Å². The lowest BCUT2D eigenvalue weighted by atomic mass is 10.1. The summed E-state index contributed by atoms with van der Waals surface area (Å²) in [6, 6.07) is 17.8. The number of hydrogen-bond acceptors (Lipinski definition) is 2. The van der Waals surface area contributed by atoms with Crippen LogP contribution in [-0.2, 0) is 22.7 Å². The van der Waals surface area contributed by atoms with Crippen LogP contribution in [0.5, 0.6) is 0 Å². The molecule has 1 fully saturated rings. The zero-order valence-electron chi connectivity index (χ0n) is 13.2. The molecule has 0 aromatic heterocycles. The second-order valence-corrected chi connectivity index (χ2v) is 5.93. The van der Waals surface area contributed by atoms with Gasteiger partial charge < -0.3 is 9.80 Å². The van der Waals surface area contributed by atoms with E-state index in [-0.39, 0.29) is 0 Å². The summed E-state index contributed by atoms with van der Waals surface area (Å²) >= 11 is 0. The molecular weight excluding hydrogens is 288 g/mol. The highest BCUT2D eigenvalue weighted by Crippen LogP contribution is 2.14. The summed E-state index contributed by atoms with van der Waals surface area (Å²) in [5.41, 5.74) is 3.26. The Morgan fingerprint density at radius 1 is 0.783 bits per heavy atom. The predicted octanol–water partition coefficient (Wildman–Crippen LogP) is 2.37. The number of piperazine rings is 1. The molecule has 3 rings (SSSR count). The van der Waals surface area contributed by atoms with Crippen molar-refractivity contribution in [3.05, 3.63) is 71.3 Å². The number of hydrogen-bond donors (Lipinski definition) is 0. The van der Waals surface area contributed by atoms with Crippen LogP contribution in [0, 0.1) is 6.92 Å². The van der Waals surface area contributed by atoms with Crippen molar-refractivity contribution in [1.29, 1.82) is 0 Å². The van der Waals surface area contributed by atoms with Crippen LogP contribution in [0.1, 0.15) is 16.7 Å². The number of rotatable bonds is 4. The fraction of sp³-hybridized carbons (Fsp3) is 0.263. The van der Waals surface area contributed by atoms with E-state index in [1.54, 1.807) is 9.80 Å². The zero-order chi connectivity index (χ0) is 16.2. The Kier molecular flexibility index (Phi) is 4.42. The first-order valence-electron chi connectivity index (χ1n) is 7.81. The monoisotopic (exact) mass is 308 g/mol. The van der Waals surface area contributed by atoms with Gasteiger partial charge in [0.15, 0.2) is 0 Å². The molecule has 0 aliphatic carbocycles. The van der Waals surface area contributed by atoms with E-state index in [1.165, 1.54) is 0 Å². The van der Waals surface area contributed by atoms with E-state index >= 15 is 0 Å². The van der Waals surface area contributed by atoms with Gasteiger partial charge >= 0.3 is 11.8 Å². The summed E-state index contributed by atoms with van der Waals surface area (Å²) < 4.78 is 0. The molecule has 4 nitrogen and oxygen atoms in total. The Labute approximate surface area is 136 Å². The molecule has 1 saturated heterocycles. The molecule has 0 unspecified atom stereocenters. The van der Waals surface area contributed by atoms with Gasteiger partial charge in [-0.05, 0) is 18.1 Å². The van der Waals surface area contributed by atoms with Crippen molar-refractivity contribution in [3.63, 3.8) is 0 Å². The maximum atomic E-state index is 12.3. The van der Waals surface area contributed by atoms with E-state index in [4.69, 9.17) is 0 Å². The summed E-state index contributed by atoms with van der Waals surface area (Å²) in [6.07, 6.45) is 0. The zero-order valence-corrected chi connectivity index (χ0v) is 13.2. The fourth-order valence-electron chi connectivity index (χ4n) is 2.85. The summed E-state index contributed by atoms with van der Waals surface area (Å²) in [7, 11) is 0. The van der Waals surface area contributed by atoms with E-state index in [2.05, 4.69) is 0 Å². The van der Waals surface area contributed by atoms with E-state index in [1.807, 2.05) is 61.5 Å². The second-order valence-electron chi connectivity index (χ2n) is 5.93. The van der Waals surface area contributed by atoms with E-state index in [9.17, 15) is 9.59 Å². The van der Waals surface area contributed by atoms with Gasteiger partial charge in [0.1, 0.15) is 0 Å². The van der Waals surface area contributed by atoms with Crippen LogP contribution >= 0.6 is 0 Å². The third-order valence-corrected chi connectivity index (χ3v) is 4.07. The Morgan fingerprint density at radius 3 is 1.96 bits per heavy atom. The maximum Gasteiger partial charge on any atom is 0.312 e. The number of aryl methyl sites for hydroxylation is 1. The van der Waals surface area contributed by atoms with Crippen molar-refractivity contribution in [2.24, 2.45) is 0 Å². The summed E-state index contributed by atoms with van der Waals surface area (Å²) in [6.45, 7) is 4.15. The van der Waals surface area contributed by atoms with Gasteiger partial charge in [-0.1, -0.05) is 60.2 Å². The van der Waals surface area contributed by atoms with Crippen LogP contribution in [0.2, 0.25) is 0 Å². The van der Waals surface area contributed by atoms with Crippen LogP contribution in [-0.4, -0.2) is 34.7 Å². The largest absolute Gasteiger partial charge is 0.328 e. The molecule has 1 aliphatic heterocycles. The van der Waals surface area contributed by atoms with Crippen molar-refractivity contribution in [3.8, 4) is 0 Å². The Balaban J connectivity index is 1.65. The van der Waals surface area contributed by atoms with Crippen LogP contribution in [0.3, 0.4) is 0 Å². The van der Waals surface area contributed by atoms with Crippen molar-refractivity contribution in [2.45, 2.75) is 20.0 Å². The minimum Gasteiger partial charge on any atom is -0.328 e. The van der Waals surface area contributed by atoms with Gasteiger partial charge in [-0.25, -0.2) is 0 Å². The molecule has 2 aromatic rings. The normalized spacial score (nSPS) is 15.2. The molecule has 0 N–H and O–H groups in total. The van der Waals surface area contributed by atoms with Crippen molar-refractivity contribution in [1.82, 2.24) is 9.80 Å². The molecule has 2 aromatic carbocycles. The molecule has 0 atom stereocenters. The van der Waals surface area contributed by atoms with E-state index in [0.717, 1.165) is 16.7 Å². The third kappa shape index (κ3) is 3.59. The number of carbonyl (C=O) groups is 2. The molecule has 0 radical (unpaired) electrons. The summed E-state index contributed by atoms with van der Waals surface area (Å²) in [5, 5.41) is 0. The van der Waals surface area contributed by atoms with Crippen LogP contribution in [0.4, 0.5) is 0 Å². The minimum atomic E-state index is -0.409.